The van der Waals surface area contributed by atoms with Crippen molar-refractivity contribution >= 4 is 17.9 Å². The SMILES string of the molecule is CCOC(=O)/C(=C/c1ccc(OCCN(C)c2ccccn2)cc1)OCC. The smallest absolute Gasteiger partial charge is 0.373 e. The summed E-state index contributed by atoms with van der Waals surface area (Å²) in [4.78, 5) is 18.2. The van der Waals surface area contributed by atoms with Crippen molar-refractivity contribution in [2.75, 3.05) is 38.3 Å². The molecule has 0 spiro atoms. The van der Waals surface area contributed by atoms with Crippen molar-refractivity contribution in [2.45, 2.75) is 13.8 Å². The van der Waals surface area contributed by atoms with Crippen LogP contribution in [0, 0.1) is 0 Å². The highest BCUT2D eigenvalue weighted by Gasteiger charge is 2.11. The van der Waals surface area contributed by atoms with Gasteiger partial charge in [0.1, 0.15) is 18.2 Å². The fraction of sp³-hybridized carbons (Fsp3) is 0.333. The minimum atomic E-state index is -0.461. The second-order valence-corrected chi connectivity index (χ2v) is 5.69. The van der Waals surface area contributed by atoms with Gasteiger partial charge in [-0.15, -0.1) is 0 Å². The van der Waals surface area contributed by atoms with Crippen LogP contribution in [-0.4, -0.2) is 44.4 Å². The molecule has 0 aliphatic heterocycles. The summed E-state index contributed by atoms with van der Waals surface area (Å²) in [5.74, 6) is 1.40. The molecule has 0 bridgehead atoms. The van der Waals surface area contributed by atoms with Crippen LogP contribution in [0.25, 0.3) is 6.08 Å². The van der Waals surface area contributed by atoms with Gasteiger partial charge in [0.15, 0.2) is 0 Å². The Labute approximate surface area is 160 Å². The van der Waals surface area contributed by atoms with Gasteiger partial charge in [0.25, 0.3) is 0 Å². The minimum Gasteiger partial charge on any atom is -0.492 e. The number of pyridine rings is 1. The first kappa shape index (κ1) is 20.3. The number of anilines is 1. The van der Waals surface area contributed by atoms with Gasteiger partial charge in [-0.25, -0.2) is 9.78 Å². The van der Waals surface area contributed by atoms with Gasteiger partial charge >= 0.3 is 5.97 Å². The predicted molar refractivity (Wildman–Crippen MR) is 106 cm³/mol. The lowest BCUT2D eigenvalue weighted by Crippen LogP contribution is -2.24. The Hall–Kier alpha value is -3.02. The quantitative estimate of drug-likeness (QED) is 0.362. The van der Waals surface area contributed by atoms with E-state index < -0.39 is 5.97 Å². The Morgan fingerprint density at radius 3 is 2.44 bits per heavy atom. The van der Waals surface area contributed by atoms with Crippen LogP contribution in [0.4, 0.5) is 5.82 Å². The Morgan fingerprint density at radius 1 is 1.07 bits per heavy atom. The summed E-state index contributed by atoms with van der Waals surface area (Å²) in [7, 11) is 1.98. The van der Waals surface area contributed by atoms with Gasteiger partial charge in [0.05, 0.1) is 19.8 Å². The molecular formula is C21H26N2O4. The zero-order valence-corrected chi connectivity index (χ0v) is 16.1. The van der Waals surface area contributed by atoms with Gasteiger partial charge in [-0.2, -0.15) is 0 Å². The van der Waals surface area contributed by atoms with Crippen LogP contribution >= 0.6 is 0 Å². The van der Waals surface area contributed by atoms with Crippen molar-refractivity contribution in [1.29, 1.82) is 0 Å². The van der Waals surface area contributed by atoms with Crippen LogP contribution in [-0.2, 0) is 14.3 Å². The second kappa shape index (κ2) is 10.9. The molecule has 0 saturated carbocycles. The number of ether oxygens (including phenoxy) is 3. The summed E-state index contributed by atoms with van der Waals surface area (Å²) < 4.78 is 16.1. The molecule has 1 heterocycles. The first-order valence-corrected chi connectivity index (χ1v) is 9.00. The number of benzene rings is 1. The summed E-state index contributed by atoms with van der Waals surface area (Å²) in [6.45, 7) is 5.55. The van der Waals surface area contributed by atoms with Crippen LogP contribution < -0.4 is 9.64 Å². The molecule has 0 aliphatic carbocycles. The number of carbonyl (C=O) groups is 1. The van der Waals surface area contributed by atoms with E-state index in [0.717, 1.165) is 23.7 Å². The highest BCUT2D eigenvalue weighted by molar-refractivity contribution is 5.91. The summed E-state index contributed by atoms with van der Waals surface area (Å²) in [6, 6.07) is 13.3. The van der Waals surface area contributed by atoms with E-state index in [-0.39, 0.29) is 5.76 Å². The van der Waals surface area contributed by atoms with Gasteiger partial charge < -0.3 is 19.1 Å². The summed E-state index contributed by atoms with van der Waals surface area (Å²) >= 11 is 0. The molecule has 0 unspecified atom stereocenters. The fourth-order valence-electron chi connectivity index (χ4n) is 2.32. The Morgan fingerprint density at radius 2 is 1.81 bits per heavy atom. The number of aromatic nitrogens is 1. The van der Waals surface area contributed by atoms with E-state index in [1.54, 1.807) is 19.2 Å². The van der Waals surface area contributed by atoms with Crippen LogP contribution in [0.3, 0.4) is 0 Å². The third kappa shape index (κ3) is 6.66. The highest BCUT2D eigenvalue weighted by Crippen LogP contribution is 2.16. The molecule has 27 heavy (non-hydrogen) atoms. The van der Waals surface area contributed by atoms with Gasteiger partial charge in [-0.3, -0.25) is 0 Å². The summed E-state index contributed by atoms with van der Waals surface area (Å²) in [5, 5.41) is 0. The van der Waals surface area contributed by atoms with Crippen molar-refractivity contribution < 1.29 is 19.0 Å². The highest BCUT2D eigenvalue weighted by atomic mass is 16.6. The monoisotopic (exact) mass is 370 g/mol. The maximum absolute atomic E-state index is 11.9. The van der Waals surface area contributed by atoms with Gasteiger partial charge in [-0.05, 0) is 49.8 Å². The molecule has 0 fully saturated rings. The minimum absolute atomic E-state index is 0.199. The van der Waals surface area contributed by atoms with E-state index in [1.165, 1.54) is 0 Å². The predicted octanol–water partition coefficient (Wildman–Crippen LogP) is 3.54. The van der Waals surface area contributed by atoms with E-state index in [9.17, 15) is 4.79 Å². The van der Waals surface area contributed by atoms with E-state index in [0.29, 0.717) is 19.8 Å². The van der Waals surface area contributed by atoms with Crippen molar-refractivity contribution in [3.63, 3.8) is 0 Å². The Kier molecular flexibility index (Phi) is 8.16. The molecule has 6 heteroatoms. The molecule has 0 N–H and O–H groups in total. The zero-order valence-electron chi connectivity index (χ0n) is 16.1. The number of nitrogens with zero attached hydrogens (tertiary/aromatic N) is 2. The first-order valence-electron chi connectivity index (χ1n) is 9.00. The average molecular weight is 370 g/mol. The number of likely N-dealkylation sites (N-methyl/N-ethyl adjacent to an activating group) is 1. The maximum atomic E-state index is 11.9. The van der Waals surface area contributed by atoms with Crippen molar-refractivity contribution in [3.8, 4) is 5.75 Å². The zero-order chi connectivity index (χ0) is 19.5. The lowest BCUT2D eigenvalue weighted by molar-refractivity contribution is -0.142. The second-order valence-electron chi connectivity index (χ2n) is 5.69. The van der Waals surface area contributed by atoms with Crippen molar-refractivity contribution in [2.24, 2.45) is 0 Å². The summed E-state index contributed by atoms with van der Waals surface area (Å²) in [6.07, 6.45) is 3.44. The topological polar surface area (TPSA) is 60.9 Å². The molecule has 1 aromatic heterocycles. The van der Waals surface area contributed by atoms with Gasteiger partial charge in [0.2, 0.25) is 5.76 Å². The molecule has 0 saturated heterocycles. The first-order chi connectivity index (χ1) is 13.1. The number of hydrogen-bond acceptors (Lipinski definition) is 6. The molecule has 0 radical (unpaired) electrons. The van der Waals surface area contributed by atoms with Gasteiger partial charge in [-0.1, -0.05) is 18.2 Å². The van der Waals surface area contributed by atoms with Crippen LogP contribution in [0.1, 0.15) is 19.4 Å². The standard InChI is InChI=1S/C21H26N2O4/c1-4-25-19(21(24)26-5-2)16-17-9-11-18(12-10-17)27-15-14-23(3)20-8-6-7-13-22-20/h6-13,16H,4-5,14-15H2,1-3H3/b19-16-. The van der Waals surface area contributed by atoms with Crippen LogP contribution in [0.2, 0.25) is 0 Å². The molecule has 1 aromatic carbocycles. The van der Waals surface area contributed by atoms with Crippen LogP contribution in [0.5, 0.6) is 5.75 Å². The third-order valence-corrected chi connectivity index (χ3v) is 3.69. The van der Waals surface area contributed by atoms with Crippen LogP contribution in [0.15, 0.2) is 54.4 Å². The molecule has 0 amide bonds. The Balaban J connectivity index is 1.90. The fourth-order valence-corrected chi connectivity index (χ4v) is 2.32. The lowest BCUT2D eigenvalue weighted by Gasteiger charge is -2.18. The molecule has 2 rings (SSSR count). The Bertz CT molecular complexity index is 730. The van der Waals surface area contributed by atoms with Crippen molar-refractivity contribution in [3.05, 3.63) is 60.0 Å². The van der Waals surface area contributed by atoms with Gasteiger partial charge in [0, 0.05) is 13.2 Å². The molecular weight excluding hydrogens is 344 g/mol. The van der Waals surface area contributed by atoms with Crippen molar-refractivity contribution in [1.82, 2.24) is 4.98 Å². The molecule has 144 valence electrons. The normalized spacial score (nSPS) is 11.0. The maximum Gasteiger partial charge on any atom is 0.373 e. The molecule has 0 aliphatic rings. The number of carbonyl (C=O) groups excluding carboxylic acids is 1. The van der Waals surface area contributed by atoms with E-state index in [2.05, 4.69) is 4.98 Å². The molecule has 6 nitrogen and oxygen atoms in total. The average Bonchev–Trinajstić information content (AvgIpc) is 2.69. The number of hydrogen-bond donors (Lipinski definition) is 0. The summed E-state index contributed by atoms with van der Waals surface area (Å²) in [5.41, 5.74) is 0.837. The molecule has 0 atom stereocenters. The number of esters is 1. The number of rotatable bonds is 10. The van der Waals surface area contributed by atoms with E-state index in [4.69, 9.17) is 14.2 Å². The van der Waals surface area contributed by atoms with E-state index in [1.807, 2.05) is 61.3 Å². The third-order valence-electron chi connectivity index (χ3n) is 3.69. The van der Waals surface area contributed by atoms with E-state index >= 15 is 0 Å². The lowest BCUT2D eigenvalue weighted by atomic mass is 10.2. The largest absolute Gasteiger partial charge is 0.492 e. The molecule has 2 aromatic rings.